The van der Waals surface area contributed by atoms with E-state index in [-0.39, 0.29) is 0 Å². The first kappa shape index (κ1) is 13.7. The highest BCUT2D eigenvalue weighted by Gasteiger charge is 2.07. The molecular formula is C19H15NS. The molecule has 3 aromatic rings. The summed E-state index contributed by atoms with van der Waals surface area (Å²) in [6, 6.07) is 28.3. The lowest BCUT2D eigenvalue weighted by atomic mass is 10.0. The summed E-state index contributed by atoms with van der Waals surface area (Å²) >= 11 is 4.49. The van der Waals surface area contributed by atoms with Crippen molar-refractivity contribution in [3.05, 3.63) is 96.1 Å². The van der Waals surface area contributed by atoms with Crippen LogP contribution in [0.1, 0.15) is 11.1 Å². The Bertz CT molecular complexity index is 707. The van der Waals surface area contributed by atoms with E-state index in [1.54, 1.807) is 0 Å². The first-order chi connectivity index (χ1) is 10.3. The molecule has 3 rings (SSSR count). The third-order valence-electron chi connectivity index (χ3n) is 3.21. The molecule has 0 saturated heterocycles. The quantitative estimate of drug-likeness (QED) is 0.506. The molecular weight excluding hydrogens is 274 g/mol. The van der Waals surface area contributed by atoms with Gasteiger partial charge in [-0.15, -0.1) is 12.6 Å². The second-order valence-corrected chi connectivity index (χ2v) is 5.16. The normalized spacial score (nSPS) is 10.1. The summed E-state index contributed by atoms with van der Waals surface area (Å²) in [5.41, 5.74) is 4.03. The van der Waals surface area contributed by atoms with Gasteiger partial charge in [0, 0.05) is 16.0 Å². The number of para-hydroxylation sites is 1. The fraction of sp³-hybridized carbons (Fsp3) is 0. The van der Waals surface area contributed by atoms with Gasteiger partial charge in [-0.25, -0.2) is 4.99 Å². The lowest BCUT2D eigenvalue weighted by Gasteiger charge is -2.08. The molecule has 0 aromatic heterocycles. The Morgan fingerprint density at radius 3 is 1.62 bits per heavy atom. The molecule has 0 aliphatic carbocycles. The second-order valence-electron chi connectivity index (χ2n) is 4.68. The van der Waals surface area contributed by atoms with Gasteiger partial charge < -0.3 is 0 Å². The van der Waals surface area contributed by atoms with Crippen LogP contribution in [0.2, 0.25) is 0 Å². The maximum absolute atomic E-state index is 4.84. The molecule has 0 fully saturated rings. The first-order valence-electron chi connectivity index (χ1n) is 6.82. The fourth-order valence-corrected chi connectivity index (χ4v) is 2.38. The third-order valence-corrected chi connectivity index (χ3v) is 3.59. The van der Waals surface area contributed by atoms with Crippen LogP contribution >= 0.6 is 12.6 Å². The highest BCUT2D eigenvalue weighted by Crippen LogP contribution is 2.24. The van der Waals surface area contributed by atoms with Gasteiger partial charge in [0.15, 0.2) is 0 Å². The lowest BCUT2D eigenvalue weighted by molar-refractivity contribution is 1.37. The molecule has 3 aromatic carbocycles. The van der Waals surface area contributed by atoms with E-state index in [9.17, 15) is 0 Å². The molecule has 2 heteroatoms. The summed E-state index contributed by atoms with van der Waals surface area (Å²) in [6.45, 7) is 0. The number of rotatable bonds is 3. The number of thiol groups is 1. The van der Waals surface area contributed by atoms with E-state index >= 15 is 0 Å². The summed E-state index contributed by atoms with van der Waals surface area (Å²) in [7, 11) is 0. The Hall–Kier alpha value is -2.32. The highest BCUT2D eigenvalue weighted by molar-refractivity contribution is 7.80. The zero-order valence-corrected chi connectivity index (χ0v) is 12.4. The average molecular weight is 289 g/mol. The molecule has 0 atom stereocenters. The zero-order valence-electron chi connectivity index (χ0n) is 11.5. The van der Waals surface area contributed by atoms with Crippen molar-refractivity contribution in [1.82, 2.24) is 0 Å². The van der Waals surface area contributed by atoms with Crippen LogP contribution in [0.3, 0.4) is 0 Å². The van der Waals surface area contributed by atoms with E-state index in [4.69, 9.17) is 4.99 Å². The zero-order chi connectivity index (χ0) is 14.5. The van der Waals surface area contributed by atoms with Crippen LogP contribution in [-0.2, 0) is 0 Å². The molecule has 0 aliphatic heterocycles. The molecule has 0 heterocycles. The Balaban J connectivity index is 2.16. The van der Waals surface area contributed by atoms with Gasteiger partial charge in [-0.1, -0.05) is 72.8 Å². The molecule has 21 heavy (non-hydrogen) atoms. The molecule has 0 spiro atoms. The van der Waals surface area contributed by atoms with Crippen LogP contribution in [0.5, 0.6) is 0 Å². The minimum absolute atomic E-state index is 0.877. The van der Waals surface area contributed by atoms with Crippen molar-refractivity contribution < 1.29 is 0 Å². The molecule has 0 bridgehead atoms. The van der Waals surface area contributed by atoms with Crippen molar-refractivity contribution in [3.8, 4) is 0 Å². The molecule has 0 radical (unpaired) electrons. The van der Waals surface area contributed by atoms with Gasteiger partial charge in [0.2, 0.25) is 0 Å². The SMILES string of the molecule is Sc1ccccc1N=C(c1ccccc1)c1ccccc1. The predicted octanol–water partition coefficient (Wildman–Crippen LogP) is 5.14. The smallest absolute Gasteiger partial charge is 0.0782 e. The number of benzene rings is 3. The van der Waals surface area contributed by atoms with Crippen molar-refractivity contribution in [3.63, 3.8) is 0 Å². The van der Waals surface area contributed by atoms with E-state index in [2.05, 4.69) is 36.9 Å². The van der Waals surface area contributed by atoms with Crippen molar-refractivity contribution in [1.29, 1.82) is 0 Å². The van der Waals surface area contributed by atoms with Gasteiger partial charge in [0.05, 0.1) is 11.4 Å². The van der Waals surface area contributed by atoms with E-state index < -0.39 is 0 Å². The first-order valence-corrected chi connectivity index (χ1v) is 7.27. The molecule has 0 saturated carbocycles. The van der Waals surface area contributed by atoms with Crippen molar-refractivity contribution in [2.75, 3.05) is 0 Å². The second kappa shape index (κ2) is 6.42. The molecule has 0 aliphatic rings. The van der Waals surface area contributed by atoms with Gasteiger partial charge in [-0.05, 0) is 12.1 Å². The van der Waals surface area contributed by atoms with Crippen LogP contribution in [0.15, 0.2) is 94.8 Å². The summed E-state index contributed by atoms with van der Waals surface area (Å²) in [5.74, 6) is 0. The molecule has 1 nitrogen and oxygen atoms in total. The van der Waals surface area contributed by atoms with Crippen LogP contribution in [-0.4, -0.2) is 5.71 Å². The van der Waals surface area contributed by atoms with E-state index in [0.717, 1.165) is 27.4 Å². The van der Waals surface area contributed by atoms with Gasteiger partial charge in [0.25, 0.3) is 0 Å². The topological polar surface area (TPSA) is 12.4 Å². The fourth-order valence-electron chi connectivity index (χ4n) is 2.17. The molecule has 0 unspecified atom stereocenters. The number of nitrogens with zero attached hydrogens (tertiary/aromatic N) is 1. The van der Waals surface area contributed by atoms with Crippen molar-refractivity contribution in [2.45, 2.75) is 4.90 Å². The number of hydrogen-bond donors (Lipinski definition) is 1. The average Bonchev–Trinajstić information content (AvgIpc) is 2.56. The number of aliphatic imine (C=N–C) groups is 1. The van der Waals surface area contributed by atoms with E-state index in [1.165, 1.54) is 0 Å². The van der Waals surface area contributed by atoms with Crippen LogP contribution in [0, 0.1) is 0 Å². The summed E-state index contributed by atoms with van der Waals surface area (Å²) in [4.78, 5) is 5.72. The van der Waals surface area contributed by atoms with Gasteiger partial charge in [-0.3, -0.25) is 0 Å². The van der Waals surface area contributed by atoms with Crippen LogP contribution in [0.4, 0.5) is 5.69 Å². The Kier molecular flexibility index (Phi) is 4.17. The summed E-state index contributed by atoms with van der Waals surface area (Å²) in [5, 5.41) is 0. The lowest BCUT2D eigenvalue weighted by Crippen LogP contribution is -2.02. The van der Waals surface area contributed by atoms with E-state index in [0.29, 0.717) is 0 Å². The maximum Gasteiger partial charge on any atom is 0.0782 e. The van der Waals surface area contributed by atoms with Gasteiger partial charge >= 0.3 is 0 Å². The predicted molar refractivity (Wildman–Crippen MR) is 91.9 cm³/mol. The van der Waals surface area contributed by atoms with Crippen molar-refractivity contribution in [2.24, 2.45) is 4.99 Å². The Morgan fingerprint density at radius 1 is 0.619 bits per heavy atom. The minimum atomic E-state index is 0.877. The van der Waals surface area contributed by atoms with Crippen LogP contribution < -0.4 is 0 Å². The molecule has 0 N–H and O–H groups in total. The monoisotopic (exact) mass is 289 g/mol. The van der Waals surface area contributed by atoms with Crippen molar-refractivity contribution >= 4 is 24.0 Å². The largest absolute Gasteiger partial charge is 0.247 e. The van der Waals surface area contributed by atoms with E-state index in [1.807, 2.05) is 60.7 Å². The number of hydrogen-bond acceptors (Lipinski definition) is 2. The Labute approximate surface area is 130 Å². The highest BCUT2D eigenvalue weighted by atomic mass is 32.1. The summed E-state index contributed by atoms with van der Waals surface area (Å²) in [6.07, 6.45) is 0. The Morgan fingerprint density at radius 2 is 1.10 bits per heavy atom. The molecule has 102 valence electrons. The van der Waals surface area contributed by atoms with Crippen LogP contribution in [0.25, 0.3) is 0 Å². The standard InChI is InChI=1S/C19H15NS/c21-18-14-8-7-13-17(18)20-19(15-9-3-1-4-10-15)16-11-5-2-6-12-16/h1-14,21H. The minimum Gasteiger partial charge on any atom is -0.247 e. The third kappa shape index (κ3) is 3.23. The van der Waals surface area contributed by atoms with Gasteiger partial charge in [-0.2, -0.15) is 0 Å². The molecule has 0 amide bonds. The van der Waals surface area contributed by atoms with Gasteiger partial charge in [0.1, 0.15) is 0 Å². The maximum atomic E-state index is 4.84. The summed E-state index contributed by atoms with van der Waals surface area (Å²) < 4.78 is 0.